The average molecular weight is 246 g/mol. The Bertz CT molecular complexity index is 463. The molecule has 0 saturated carbocycles. The second-order valence-electron chi connectivity index (χ2n) is 4.21. The van der Waals surface area contributed by atoms with E-state index in [1.165, 1.54) is 7.11 Å². The molecule has 1 rings (SSSR count). The first-order valence-corrected chi connectivity index (χ1v) is 5.87. The second kappa shape index (κ2) is 6.65. The van der Waals surface area contributed by atoms with Crippen molar-refractivity contribution in [1.82, 2.24) is 0 Å². The van der Waals surface area contributed by atoms with E-state index in [2.05, 4.69) is 15.7 Å². The first kappa shape index (κ1) is 14.0. The number of aryl methyl sites for hydroxylation is 1. The van der Waals surface area contributed by atoms with Gasteiger partial charge in [0, 0.05) is 25.7 Å². The smallest absolute Gasteiger partial charge is 0.305 e. The summed E-state index contributed by atoms with van der Waals surface area (Å²) >= 11 is 0. The highest BCUT2D eigenvalue weighted by atomic mass is 16.5. The molecule has 0 saturated heterocycles. The third-order valence-electron chi connectivity index (χ3n) is 2.84. The van der Waals surface area contributed by atoms with Crippen LogP contribution in [0.25, 0.3) is 0 Å². The van der Waals surface area contributed by atoms with Gasteiger partial charge in [0.15, 0.2) is 0 Å². The van der Waals surface area contributed by atoms with E-state index in [4.69, 9.17) is 5.26 Å². The summed E-state index contributed by atoms with van der Waals surface area (Å²) in [6.07, 6.45) is 1.18. The molecule has 0 heterocycles. The molecule has 0 unspecified atom stereocenters. The predicted molar refractivity (Wildman–Crippen MR) is 70.4 cm³/mol. The van der Waals surface area contributed by atoms with Crippen LogP contribution < -0.4 is 4.90 Å². The maximum absolute atomic E-state index is 11.0. The standard InChI is InChI=1S/C14H18N2O2/c1-11-9-12(10-15)6-7-13(11)16(2)8-4-5-14(17)18-3/h6-7,9H,4-5,8H2,1-3H3. The van der Waals surface area contributed by atoms with Gasteiger partial charge in [-0.2, -0.15) is 5.26 Å². The van der Waals surface area contributed by atoms with E-state index in [-0.39, 0.29) is 5.97 Å². The third kappa shape index (κ3) is 3.77. The Morgan fingerprint density at radius 1 is 1.50 bits per heavy atom. The number of carbonyl (C=O) groups is 1. The molecule has 0 spiro atoms. The SMILES string of the molecule is COC(=O)CCCN(C)c1ccc(C#N)cc1C. The van der Waals surface area contributed by atoms with E-state index >= 15 is 0 Å². The first-order valence-electron chi connectivity index (χ1n) is 5.87. The molecule has 0 atom stereocenters. The van der Waals surface area contributed by atoms with Gasteiger partial charge in [0.25, 0.3) is 0 Å². The zero-order valence-corrected chi connectivity index (χ0v) is 11.1. The number of ether oxygens (including phenoxy) is 1. The Kier molecular flexibility index (Phi) is 5.19. The van der Waals surface area contributed by atoms with Gasteiger partial charge in [0.05, 0.1) is 18.7 Å². The number of carbonyl (C=O) groups excluding carboxylic acids is 1. The number of rotatable bonds is 5. The number of hydrogen-bond donors (Lipinski definition) is 0. The van der Waals surface area contributed by atoms with E-state index in [9.17, 15) is 4.79 Å². The van der Waals surface area contributed by atoms with E-state index in [0.717, 1.165) is 24.2 Å². The molecule has 4 nitrogen and oxygen atoms in total. The summed E-state index contributed by atoms with van der Waals surface area (Å²) < 4.78 is 4.60. The van der Waals surface area contributed by atoms with E-state index in [1.807, 2.05) is 26.1 Å². The lowest BCUT2D eigenvalue weighted by Gasteiger charge is -2.21. The van der Waals surface area contributed by atoms with Crippen molar-refractivity contribution >= 4 is 11.7 Å². The lowest BCUT2D eigenvalue weighted by atomic mass is 10.1. The Morgan fingerprint density at radius 3 is 2.78 bits per heavy atom. The number of nitrogens with zero attached hydrogens (tertiary/aromatic N) is 2. The number of anilines is 1. The van der Waals surface area contributed by atoms with Crippen LogP contribution in [0.2, 0.25) is 0 Å². The predicted octanol–water partition coefficient (Wildman–Crippen LogP) is 2.26. The van der Waals surface area contributed by atoms with Crippen LogP contribution in [0.4, 0.5) is 5.69 Å². The van der Waals surface area contributed by atoms with Crippen molar-refractivity contribution in [2.75, 3.05) is 25.6 Å². The fourth-order valence-corrected chi connectivity index (χ4v) is 1.84. The Labute approximate surface area is 108 Å². The van der Waals surface area contributed by atoms with Gasteiger partial charge in [0.1, 0.15) is 0 Å². The monoisotopic (exact) mass is 246 g/mol. The van der Waals surface area contributed by atoms with Crippen LogP contribution >= 0.6 is 0 Å². The van der Waals surface area contributed by atoms with Crippen molar-refractivity contribution in [2.24, 2.45) is 0 Å². The molecule has 0 amide bonds. The van der Waals surface area contributed by atoms with Crippen LogP contribution in [0.3, 0.4) is 0 Å². The topological polar surface area (TPSA) is 53.3 Å². The quantitative estimate of drug-likeness (QED) is 0.748. The maximum Gasteiger partial charge on any atom is 0.305 e. The van der Waals surface area contributed by atoms with Crippen molar-refractivity contribution in [3.63, 3.8) is 0 Å². The largest absolute Gasteiger partial charge is 0.469 e. The zero-order valence-electron chi connectivity index (χ0n) is 11.1. The molecule has 0 radical (unpaired) electrons. The van der Waals surface area contributed by atoms with Gasteiger partial charge in [-0.3, -0.25) is 4.79 Å². The summed E-state index contributed by atoms with van der Waals surface area (Å²) in [5, 5.41) is 8.81. The zero-order chi connectivity index (χ0) is 13.5. The molecule has 0 aliphatic rings. The van der Waals surface area contributed by atoms with E-state index in [1.54, 1.807) is 6.07 Å². The first-order chi connectivity index (χ1) is 8.58. The minimum Gasteiger partial charge on any atom is -0.469 e. The molecular formula is C14H18N2O2. The molecule has 0 aliphatic heterocycles. The van der Waals surface area contributed by atoms with Crippen molar-refractivity contribution in [2.45, 2.75) is 19.8 Å². The summed E-state index contributed by atoms with van der Waals surface area (Å²) in [6.45, 7) is 2.76. The Hall–Kier alpha value is -2.02. The molecule has 18 heavy (non-hydrogen) atoms. The summed E-state index contributed by atoms with van der Waals surface area (Å²) in [4.78, 5) is 13.1. The number of methoxy groups -OCH3 is 1. The summed E-state index contributed by atoms with van der Waals surface area (Å²) in [7, 11) is 3.38. The molecule has 0 N–H and O–H groups in total. The normalized spacial score (nSPS) is 9.67. The summed E-state index contributed by atoms with van der Waals surface area (Å²) in [6, 6.07) is 7.73. The van der Waals surface area contributed by atoms with Crippen molar-refractivity contribution in [3.05, 3.63) is 29.3 Å². The minimum absolute atomic E-state index is 0.181. The van der Waals surface area contributed by atoms with Gasteiger partial charge >= 0.3 is 5.97 Å². The van der Waals surface area contributed by atoms with Crippen LogP contribution in [-0.4, -0.2) is 26.7 Å². The van der Waals surface area contributed by atoms with Crippen LogP contribution in [-0.2, 0) is 9.53 Å². The van der Waals surface area contributed by atoms with Crippen LogP contribution in [0, 0.1) is 18.3 Å². The van der Waals surface area contributed by atoms with Gasteiger partial charge in [-0.1, -0.05) is 0 Å². The minimum atomic E-state index is -0.181. The second-order valence-corrected chi connectivity index (χ2v) is 4.21. The summed E-state index contributed by atoms with van der Waals surface area (Å²) in [5.41, 5.74) is 2.81. The molecule has 4 heteroatoms. The fraction of sp³-hybridized carbons (Fsp3) is 0.429. The number of benzene rings is 1. The highest BCUT2D eigenvalue weighted by molar-refractivity contribution is 5.69. The molecule has 0 aromatic heterocycles. The van der Waals surface area contributed by atoms with Crippen molar-refractivity contribution in [1.29, 1.82) is 5.26 Å². The Morgan fingerprint density at radius 2 is 2.22 bits per heavy atom. The molecule has 0 bridgehead atoms. The number of esters is 1. The maximum atomic E-state index is 11.0. The molecular weight excluding hydrogens is 228 g/mol. The van der Waals surface area contributed by atoms with Crippen LogP contribution in [0.1, 0.15) is 24.0 Å². The lowest BCUT2D eigenvalue weighted by Crippen LogP contribution is -2.20. The molecule has 1 aromatic rings. The van der Waals surface area contributed by atoms with E-state index < -0.39 is 0 Å². The molecule has 0 aliphatic carbocycles. The summed E-state index contributed by atoms with van der Waals surface area (Å²) in [5.74, 6) is -0.181. The van der Waals surface area contributed by atoms with Crippen LogP contribution in [0.5, 0.6) is 0 Å². The van der Waals surface area contributed by atoms with Crippen LogP contribution in [0.15, 0.2) is 18.2 Å². The van der Waals surface area contributed by atoms with Gasteiger partial charge in [-0.05, 0) is 37.1 Å². The van der Waals surface area contributed by atoms with E-state index in [0.29, 0.717) is 12.0 Å². The molecule has 96 valence electrons. The van der Waals surface area contributed by atoms with Crippen molar-refractivity contribution < 1.29 is 9.53 Å². The fourth-order valence-electron chi connectivity index (χ4n) is 1.84. The molecule has 0 fully saturated rings. The lowest BCUT2D eigenvalue weighted by molar-refractivity contribution is -0.140. The third-order valence-corrected chi connectivity index (χ3v) is 2.84. The van der Waals surface area contributed by atoms with Gasteiger partial charge < -0.3 is 9.64 Å². The highest BCUT2D eigenvalue weighted by Gasteiger charge is 2.07. The Balaban J connectivity index is 2.59. The molecule has 1 aromatic carbocycles. The average Bonchev–Trinajstić information content (AvgIpc) is 2.37. The number of hydrogen-bond acceptors (Lipinski definition) is 4. The number of nitriles is 1. The van der Waals surface area contributed by atoms with Crippen molar-refractivity contribution in [3.8, 4) is 6.07 Å². The van der Waals surface area contributed by atoms with Gasteiger partial charge in [-0.15, -0.1) is 0 Å². The van der Waals surface area contributed by atoms with Gasteiger partial charge in [-0.25, -0.2) is 0 Å². The highest BCUT2D eigenvalue weighted by Crippen LogP contribution is 2.20. The van der Waals surface area contributed by atoms with Gasteiger partial charge in [0.2, 0.25) is 0 Å².